The van der Waals surface area contributed by atoms with Crippen molar-refractivity contribution >= 4 is 29.1 Å². The van der Waals surface area contributed by atoms with Crippen LogP contribution >= 0.6 is 23.1 Å². The Morgan fingerprint density at radius 3 is 3.21 bits per heavy atom. The first-order chi connectivity index (χ1) is 9.20. The number of hydrogen-bond acceptors (Lipinski definition) is 8. The van der Waals surface area contributed by atoms with E-state index in [1.807, 2.05) is 17.5 Å². The number of carbonyl (C=O) groups excluding carboxylic acids is 1. The molecule has 8 heteroatoms. The van der Waals surface area contributed by atoms with Gasteiger partial charge in [-0.15, -0.1) is 23.1 Å². The van der Waals surface area contributed by atoms with Crippen molar-refractivity contribution < 1.29 is 14.1 Å². The lowest BCUT2D eigenvalue weighted by Crippen LogP contribution is -2.33. The quantitative estimate of drug-likeness (QED) is 0.809. The third-order valence-corrected chi connectivity index (χ3v) is 4.15. The van der Waals surface area contributed by atoms with Crippen molar-refractivity contribution in [1.29, 1.82) is 0 Å². The zero-order valence-corrected chi connectivity index (χ0v) is 11.9. The Morgan fingerprint density at radius 1 is 1.68 bits per heavy atom. The van der Waals surface area contributed by atoms with E-state index in [-0.39, 0.29) is 0 Å². The summed E-state index contributed by atoms with van der Waals surface area (Å²) in [6.45, 7) is 0. The summed E-state index contributed by atoms with van der Waals surface area (Å²) in [5, 5.41) is 5.85. The summed E-state index contributed by atoms with van der Waals surface area (Å²) < 4.78 is 9.67. The number of ether oxygens (including phenoxy) is 1. The molecule has 6 nitrogen and oxygen atoms in total. The number of esters is 1. The van der Waals surface area contributed by atoms with Crippen molar-refractivity contribution in [3.63, 3.8) is 0 Å². The van der Waals surface area contributed by atoms with Crippen LogP contribution in [-0.2, 0) is 15.3 Å². The number of thioether (sulfide) groups is 1. The highest BCUT2D eigenvalue weighted by molar-refractivity contribution is 7.98. The molecule has 0 radical (unpaired) electrons. The molecule has 1 atom stereocenters. The maximum atomic E-state index is 11.1. The predicted molar refractivity (Wildman–Crippen MR) is 73.8 cm³/mol. The average Bonchev–Trinajstić information content (AvgIpc) is 3.07. The summed E-state index contributed by atoms with van der Waals surface area (Å²) in [5.74, 6) is 1.65. The summed E-state index contributed by atoms with van der Waals surface area (Å²) in [4.78, 5) is 16.3. The van der Waals surface area contributed by atoms with Crippen LogP contribution < -0.4 is 5.73 Å². The molecule has 0 aliphatic rings. The Balaban J connectivity index is 1.83. The van der Waals surface area contributed by atoms with E-state index in [4.69, 9.17) is 10.3 Å². The molecule has 19 heavy (non-hydrogen) atoms. The summed E-state index contributed by atoms with van der Waals surface area (Å²) in [7, 11) is 1.32. The number of methoxy groups -OCH3 is 1. The average molecular weight is 299 g/mol. The molecule has 0 aliphatic carbocycles. The largest absolute Gasteiger partial charge is 0.468 e. The fourth-order valence-electron chi connectivity index (χ4n) is 1.31. The fourth-order valence-corrected chi connectivity index (χ4v) is 2.76. The number of nitrogens with zero attached hydrogens (tertiary/aromatic N) is 2. The lowest BCUT2D eigenvalue weighted by Gasteiger charge is -2.06. The Kier molecular flexibility index (Phi) is 4.94. The fraction of sp³-hybridized carbons (Fsp3) is 0.364. The second-order valence-corrected chi connectivity index (χ2v) is 5.61. The van der Waals surface area contributed by atoms with Gasteiger partial charge in [0.15, 0.2) is 0 Å². The minimum absolute atomic E-state index is 0.419. The zero-order valence-electron chi connectivity index (χ0n) is 10.2. The first kappa shape index (κ1) is 14.0. The van der Waals surface area contributed by atoms with Gasteiger partial charge in [-0.05, 0) is 11.4 Å². The molecule has 1 unspecified atom stereocenters. The van der Waals surface area contributed by atoms with Gasteiger partial charge in [0.25, 0.3) is 0 Å². The van der Waals surface area contributed by atoms with Crippen molar-refractivity contribution in [1.82, 2.24) is 10.1 Å². The molecular formula is C11H13N3O3S2. The number of carbonyl (C=O) groups is 1. The van der Waals surface area contributed by atoms with Crippen LogP contribution in [0.3, 0.4) is 0 Å². The number of nitrogens with two attached hydrogens (primary N) is 1. The molecular weight excluding hydrogens is 286 g/mol. The second-order valence-electron chi connectivity index (χ2n) is 3.63. The summed E-state index contributed by atoms with van der Waals surface area (Å²) in [5.41, 5.74) is 5.61. The van der Waals surface area contributed by atoms with Crippen LogP contribution in [0, 0.1) is 0 Å². The van der Waals surface area contributed by atoms with E-state index in [1.165, 1.54) is 18.9 Å². The molecule has 0 fully saturated rings. The highest BCUT2D eigenvalue weighted by Crippen LogP contribution is 2.22. The van der Waals surface area contributed by atoms with Crippen LogP contribution in [-0.4, -0.2) is 35.0 Å². The summed E-state index contributed by atoms with van der Waals surface area (Å²) in [6, 6.07) is 3.23. The van der Waals surface area contributed by atoms with Crippen molar-refractivity contribution in [2.75, 3.05) is 12.9 Å². The molecule has 102 valence electrons. The first-order valence-electron chi connectivity index (χ1n) is 5.48. The highest BCUT2D eigenvalue weighted by atomic mass is 32.2. The molecule has 2 heterocycles. The molecule has 0 spiro atoms. The van der Waals surface area contributed by atoms with Gasteiger partial charge in [0.05, 0.1) is 17.7 Å². The van der Waals surface area contributed by atoms with Crippen LogP contribution in [0.1, 0.15) is 5.89 Å². The predicted octanol–water partition coefficient (Wildman–Crippen LogP) is 1.53. The van der Waals surface area contributed by atoms with E-state index >= 15 is 0 Å². The van der Waals surface area contributed by atoms with Gasteiger partial charge >= 0.3 is 5.97 Å². The van der Waals surface area contributed by atoms with E-state index < -0.39 is 12.0 Å². The van der Waals surface area contributed by atoms with E-state index in [0.29, 0.717) is 23.2 Å². The van der Waals surface area contributed by atoms with Crippen molar-refractivity contribution in [2.45, 2.75) is 11.8 Å². The van der Waals surface area contributed by atoms with Crippen LogP contribution in [0.5, 0.6) is 0 Å². The molecule has 2 aromatic rings. The molecule has 2 aromatic heterocycles. The molecule has 0 amide bonds. The zero-order chi connectivity index (χ0) is 13.7. The molecule has 0 saturated heterocycles. The topological polar surface area (TPSA) is 91.2 Å². The number of hydrogen-bond donors (Lipinski definition) is 1. The van der Waals surface area contributed by atoms with Gasteiger partial charge in [-0.2, -0.15) is 4.98 Å². The van der Waals surface area contributed by atoms with E-state index in [2.05, 4.69) is 14.9 Å². The van der Waals surface area contributed by atoms with Crippen molar-refractivity contribution in [2.24, 2.45) is 5.73 Å². The van der Waals surface area contributed by atoms with E-state index in [1.54, 1.807) is 11.3 Å². The lowest BCUT2D eigenvalue weighted by molar-refractivity contribution is -0.141. The van der Waals surface area contributed by atoms with Crippen molar-refractivity contribution in [3.05, 3.63) is 23.4 Å². The van der Waals surface area contributed by atoms with E-state index in [9.17, 15) is 4.79 Å². The summed E-state index contributed by atoms with van der Waals surface area (Å²) in [6.07, 6.45) is 0. The van der Waals surface area contributed by atoms with Crippen LogP contribution in [0.2, 0.25) is 0 Å². The van der Waals surface area contributed by atoms with Crippen molar-refractivity contribution in [3.8, 4) is 10.7 Å². The first-order valence-corrected chi connectivity index (χ1v) is 7.51. The SMILES string of the molecule is COC(=O)C(N)CSCc1nc(-c2cccs2)no1. The summed E-state index contributed by atoms with van der Waals surface area (Å²) >= 11 is 3.00. The monoisotopic (exact) mass is 299 g/mol. The maximum Gasteiger partial charge on any atom is 0.323 e. The van der Waals surface area contributed by atoms with Gasteiger partial charge in [0.2, 0.25) is 11.7 Å². The number of thiophene rings is 1. The third-order valence-electron chi connectivity index (χ3n) is 2.24. The van der Waals surface area contributed by atoms with E-state index in [0.717, 1.165) is 4.88 Å². The standard InChI is InChI=1S/C11H13N3O3S2/c1-16-11(15)7(12)5-18-6-9-13-10(14-17-9)8-3-2-4-19-8/h2-4,7H,5-6,12H2,1H3. The van der Waals surface area contributed by atoms with Gasteiger partial charge in [0, 0.05) is 5.75 Å². The highest BCUT2D eigenvalue weighted by Gasteiger charge is 2.15. The molecule has 0 saturated carbocycles. The van der Waals surface area contributed by atoms with Crippen LogP contribution in [0.15, 0.2) is 22.0 Å². The Labute approximate surface area is 118 Å². The smallest absolute Gasteiger partial charge is 0.323 e. The Morgan fingerprint density at radius 2 is 2.53 bits per heavy atom. The lowest BCUT2D eigenvalue weighted by atomic mass is 10.4. The van der Waals surface area contributed by atoms with Gasteiger partial charge in [-0.3, -0.25) is 4.79 Å². The second kappa shape index (κ2) is 6.69. The normalized spacial score (nSPS) is 12.3. The number of rotatable bonds is 6. The molecule has 2 N–H and O–H groups in total. The minimum atomic E-state index is -0.630. The van der Waals surface area contributed by atoms with Gasteiger partial charge in [-0.1, -0.05) is 11.2 Å². The Bertz CT molecular complexity index is 527. The van der Waals surface area contributed by atoms with Crippen LogP contribution in [0.4, 0.5) is 0 Å². The Hall–Kier alpha value is -1.38. The number of aromatic nitrogens is 2. The third kappa shape index (κ3) is 3.79. The van der Waals surface area contributed by atoms with Gasteiger partial charge in [-0.25, -0.2) is 0 Å². The molecule has 0 bridgehead atoms. The van der Waals surface area contributed by atoms with Gasteiger partial charge < -0.3 is 15.0 Å². The minimum Gasteiger partial charge on any atom is -0.468 e. The molecule has 2 rings (SSSR count). The van der Waals surface area contributed by atoms with Crippen LogP contribution in [0.25, 0.3) is 10.7 Å². The maximum absolute atomic E-state index is 11.1. The molecule has 0 aliphatic heterocycles. The molecule has 0 aromatic carbocycles. The van der Waals surface area contributed by atoms with Gasteiger partial charge in [0.1, 0.15) is 6.04 Å².